The molecule has 0 radical (unpaired) electrons. The van der Waals surface area contributed by atoms with Crippen molar-refractivity contribution < 1.29 is 19.2 Å². The van der Waals surface area contributed by atoms with E-state index < -0.39 is 0 Å². The molecule has 34 heavy (non-hydrogen) atoms. The van der Waals surface area contributed by atoms with Crippen molar-refractivity contribution in [3.63, 3.8) is 0 Å². The Hall–Kier alpha value is -3.65. The number of carbonyl (C=O) groups is 4. The highest BCUT2D eigenvalue weighted by atomic mass is 32.2. The summed E-state index contributed by atoms with van der Waals surface area (Å²) in [5, 5.41) is 2.36. The second kappa shape index (κ2) is 10.5. The van der Waals surface area contributed by atoms with Crippen LogP contribution in [0.25, 0.3) is 12.2 Å². The van der Waals surface area contributed by atoms with Crippen molar-refractivity contribution >= 4 is 52.6 Å². The normalized spacial score (nSPS) is 17.4. The number of thioether (sulfide) groups is 1. The fraction of sp³-hybridized carbons (Fsp3) is 0.231. The summed E-state index contributed by atoms with van der Waals surface area (Å²) in [5.41, 5.74) is 3.66. The SMILES string of the molecule is Cc1ccc(/C=C2\SC(=O)N(CCNC(=O)/C=C/c3ccc(N4CCCC4=O)cc3)C2=O)cc1. The number of aryl methyl sites for hydroxylation is 1. The van der Waals surface area contributed by atoms with E-state index in [0.29, 0.717) is 11.3 Å². The quantitative estimate of drug-likeness (QED) is 0.612. The predicted octanol–water partition coefficient (Wildman–Crippen LogP) is 3.99. The molecule has 7 nitrogen and oxygen atoms in total. The van der Waals surface area contributed by atoms with Crippen molar-refractivity contribution in [2.75, 3.05) is 24.5 Å². The van der Waals surface area contributed by atoms with E-state index >= 15 is 0 Å². The van der Waals surface area contributed by atoms with Gasteiger partial charge in [-0.2, -0.15) is 0 Å². The second-order valence-corrected chi connectivity index (χ2v) is 9.10. The number of nitrogens with one attached hydrogen (secondary N) is 1. The third-order valence-corrected chi connectivity index (χ3v) is 6.50. The topological polar surface area (TPSA) is 86.8 Å². The van der Waals surface area contributed by atoms with E-state index in [4.69, 9.17) is 0 Å². The molecule has 0 unspecified atom stereocenters. The molecule has 4 rings (SSSR count). The zero-order valence-corrected chi connectivity index (χ0v) is 19.6. The Balaban J connectivity index is 1.26. The Morgan fingerprint density at radius 3 is 2.41 bits per heavy atom. The monoisotopic (exact) mass is 475 g/mol. The van der Waals surface area contributed by atoms with Crippen LogP contribution >= 0.6 is 11.8 Å². The Bertz CT molecular complexity index is 1170. The van der Waals surface area contributed by atoms with Gasteiger partial charge in [-0.3, -0.25) is 24.1 Å². The maximum Gasteiger partial charge on any atom is 0.293 e. The Morgan fingerprint density at radius 1 is 1.03 bits per heavy atom. The summed E-state index contributed by atoms with van der Waals surface area (Å²) in [7, 11) is 0. The summed E-state index contributed by atoms with van der Waals surface area (Å²) in [6, 6.07) is 15.1. The molecule has 2 fully saturated rings. The van der Waals surface area contributed by atoms with Gasteiger partial charge in [0.05, 0.1) is 4.91 Å². The molecule has 8 heteroatoms. The van der Waals surface area contributed by atoms with Gasteiger partial charge in [0.1, 0.15) is 0 Å². The number of amides is 4. The summed E-state index contributed by atoms with van der Waals surface area (Å²) >= 11 is 0.905. The van der Waals surface area contributed by atoms with Crippen LogP contribution in [0.4, 0.5) is 10.5 Å². The van der Waals surface area contributed by atoms with Crippen LogP contribution in [0.1, 0.15) is 29.5 Å². The number of nitrogens with zero attached hydrogens (tertiary/aromatic N) is 2. The highest BCUT2D eigenvalue weighted by Crippen LogP contribution is 2.31. The van der Waals surface area contributed by atoms with E-state index in [0.717, 1.165) is 52.0 Å². The molecule has 0 bridgehead atoms. The number of rotatable bonds is 7. The zero-order valence-electron chi connectivity index (χ0n) is 18.8. The minimum Gasteiger partial charge on any atom is -0.351 e. The molecule has 174 valence electrons. The first kappa shape index (κ1) is 23.5. The van der Waals surface area contributed by atoms with Crippen LogP contribution in [-0.2, 0) is 14.4 Å². The van der Waals surface area contributed by atoms with Gasteiger partial charge in [-0.25, -0.2) is 0 Å². The third-order valence-electron chi connectivity index (χ3n) is 5.59. The van der Waals surface area contributed by atoms with Crippen LogP contribution in [-0.4, -0.2) is 47.5 Å². The molecular weight excluding hydrogens is 450 g/mol. The summed E-state index contributed by atoms with van der Waals surface area (Å²) in [5.74, 6) is -0.535. The van der Waals surface area contributed by atoms with Gasteiger partial charge < -0.3 is 10.2 Å². The summed E-state index contributed by atoms with van der Waals surface area (Å²) in [6.45, 7) is 2.98. The van der Waals surface area contributed by atoms with Crippen molar-refractivity contribution in [1.29, 1.82) is 0 Å². The lowest BCUT2D eigenvalue weighted by molar-refractivity contribution is -0.123. The first-order chi connectivity index (χ1) is 16.4. The maximum atomic E-state index is 12.6. The van der Waals surface area contributed by atoms with Gasteiger partial charge in [-0.15, -0.1) is 0 Å². The number of anilines is 1. The first-order valence-electron chi connectivity index (χ1n) is 11.1. The van der Waals surface area contributed by atoms with E-state index in [1.807, 2.05) is 55.5 Å². The smallest absolute Gasteiger partial charge is 0.293 e. The molecule has 1 N–H and O–H groups in total. The van der Waals surface area contributed by atoms with Gasteiger partial charge in [-0.1, -0.05) is 42.0 Å². The predicted molar refractivity (Wildman–Crippen MR) is 134 cm³/mol. The van der Waals surface area contributed by atoms with E-state index in [2.05, 4.69) is 5.32 Å². The highest BCUT2D eigenvalue weighted by molar-refractivity contribution is 8.18. The summed E-state index contributed by atoms with van der Waals surface area (Å²) in [6.07, 6.45) is 6.24. The van der Waals surface area contributed by atoms with Gasteiger partial charge in [0.15, 0.2) is 0 Å². The molecule has 4 amide bonds. The average molecular weight is 476 g/mol. The van der Waals surface area contributed by atoms with Crippen LogP contribution in [0.2, 0.25) is 0 Å². The molecule has 2 aliphatic rings. The molecule has 2 heterocycles. The minimum atomic E-state index is -0.350. The molecule has 2 aromatic rings. The van der Waals surface area contributed by atoms with Gasteiger partial charge in [0, 0.05) is 37.8 Å². The van der Waals surface area contributed by atoms with Gasteiger partial charge in [0.2, 0.25) is 11.8 Å². The highest BCUT2D eigenvalue weighted by Gasteiger charge is 2.34. The van der Waals surface area contributed by atoms with Gasteiger partial charge in [-0.05, 0) is 60.5 Å². The van der Waals surface area contributed by atoms with E-state index in [-0.39, 0.29) is 36.1 Å². The van der Waals surface area contributed by atoms with Crippen molar-refractivity contribution in [3.8, 4) is 0 Å². The van der Waals surface area contributed by atoms with Gasteiger partial charge >= 0.3 is 0 Å². The third kappa shape index (κ3) is 5.63. The Morgan fingerprint density at radius 2 is 1.74 bits per heavy atom. The van der Waals surface area contributed by atoms with Crippen molar-refractivity contribution in [2.24, 2.45) is 0 Å². The number of carbonyl (C=O) groups excluding carboxylic acids is 4. The molecule has 2 saturated heterocycles. The summed E-state index contributed by atoms with van der Waals surface area (Å²) in [4.78, 5) is 52.1. The van der Waals surface area contributed by atoms with E-state index in [9.17, 15) is 19.2 Å². The lowest BCUT2D eigenvalue weighted by Gasteiger charge is -2.15. The van der Waals surface area contributed by atoms with Crippen LogP contribution in [0.15, 0.2) is 59.5 Å². The Kier molecular flexibility index (Phi) is 7.27. The molecule has 2 aromatic carbocycles. The molecule has 0 aliphatic carbocycles. The molecule has 0 aromatic heterocycles. The largest absolute Gasteiger partial charge is 0.351 e. The zero-order chi connectivity index (χ0) is 24.1. The van der Waals surface area contributed by atoms with E-state index in [1.165, 1.54) is 6.08 Å². The molecule has 0 atom stereocenters. The van der Waals surface area contributed by atoms with Crippen LogP contribution in [0.5, 0.6) is 0 Å². The van der Waals surface area contributed by atoms with Crippen molar-refractivity contribution in [3.05, 3.63) is 76.2 Å². The fourth-order valence-corrected chi connectivity index (χ4v) is 4.58. The fourth-order valence-electron chi connectivity index (χ4n) is 3.72. The van der Waals surface area contributed by atoms with Crippen molar-refractivity contribution in [1.82, 2.24) is 10.2 Å². The number of imide groups is 1. The lowest BCUT2D eigenvalue weighted by atomic mass is 10.1. The van der Waals surface area contributed by atoms with E-state index in [1.54, 1.807) is 17.1 Å². The molecule has 2 aliphatic heterocycles. The number of benzene rings is 2. The van der Waals surface area contributed by atoms with Crippen LogP contribution < -0.4 is 10.2 Å². The number of hydrogen-bond donors (Lipinski definition) is 1. The van der Waals surface area contributed by atoms with Gasteiger partial charge in [0.25, 0.3) is 11.1 Å². The first-order valence-corrected chi connectivity index (χ1v) is 11.9. The average Bonchev–Trinajstić information content (AvgIpc) is 3.37. The molecule has 0 saturated carbocycles. The lowest BCUT2D eigenvalue weighted by Crippen LogP contribution is -2.36. The van der Waals surface area contributed by atoms with Crippen LogP contribution in [0.3, 0.4) is 0 Å². The Labute approximate surface area is 202 Å². The van der Waals surface area contributed by atoms with Crippen molar-refractivity contribution in [2.45, 2.75) is 19.8 Å². The van der Waals surface area contributed by atoms with Crippen LogP contribution in [0, 0.1) is 6.92 Å². The molecule has 0 spiro atoms. The number of hydrogen-bond acceptors (Lipinski definition) is 5. The second-order valence-electron chi connectivity index (χ2n) is 8.11. The maximum absolute atomic E-state index is 12.6. The minimum absolute atomic E-state index is 0.105. The summed E-state index contributed by atoms with van der Waals surface area (Å²) < 4.78 is 0. The molecular formula is C26H25N3O4S. The standard InChI is InChI=1S/C26H25N3O4S/c1-18-4-6-20(7-5-18)17-22-25(32)29(26(33)34-22)16-14-27-23(30)13-10-19-8-11-21(12-9-19)28-15-2-3-24(28)31/h4-13,17H,2-3,14-16H2,1H3,(H,27,30)/b13-10+,22-17-.